The maximum absolute atomic E-state index is 3.69. The van der Waals surface area contributed by atoms with E-state index >= 15 is 0 Å². The van der Waals surface area contributed by atoms with Crippen molar-refractivity contribution in [3.8, 4) is 0 Å². The van der Waals surface area contributed by atoms with Gasteiger partial charge in [0.2, 0.25) is 0 Å². The SMILES string of the molecule is Cc1[c-]cccc1.[Ni][Br].c1ccc(P(c2ccccc2)c2ccccc2)cc1. The third-order valence-electron chi connectivity index (χ3n) is 3.91. The maximum Gasteiger partial charge on any atom is -0.0134 e. The molecule has 0 nitrogen and oxygen atoms in total. The van der Waals surface area contributed by atoms with Crippen LogP contribution in [-0.4, -0.2) is 0 Å². The van der Waals surface area contributed by atoms with Gasteiger partial charge in [0.1, 0.15) is 0 Å². The molecule has 0 fully saturated rings. The Kier molecular flexibility index (Phi) is 10.8. The third kappa shape index (κ3) is 7.36. The quantitative estimate of drug-likeness (QED) is 0.185. The van der Waals surface area contributed by atoms with Gasteiger partial charge in [-0.25, -0.2) is 0 Å². The fourth-order valence-corrected chi connectivity index (χ4v) is 4.97. The fraction of sp³-hybridized carbons (Fsp3) is 0.0400. The topological polar surface area (TPSA) is 0 Å². The average Bonchev–Trinajstić information content (AvgIpc) is 2.79. The van der Waals surface area contributed by atoms with Crippen LogP contribution in [0.15, 0.2) is 115 Å². The predicted octanol–water partition coefficient (Wildman–Crippen LogP) is 6.08. The second-order valence-electron chi connectivity index (χ2n) is 5.89. The van der Waals surface area contributed by atoms with E-state index in [-0.39, 0.29) is 0 Å². The Morgan fingerprint density at radius 1 is 0.571 bits per heavy atom. The van der Waals surface area contributed by atoms with Crippen LogP contribution in [0.5, 0.6) is 0 Å². The molecule has 0 N–H and O–H groups in total. The summed E-state index contributed by atoms with van der Waals surface area (Å²) in [5.74, 6) is 0. The van der Waals surface area contributed by atoms with E-state index in [0.29, 0.717) is 0 Å². The summed E-state index contributed by atoms with van der Waals surface area (Å²) in [6.45, 7) is 2.03. The minimum absolute atomic E-state index is 0.446. The van der Waals surface area contributed by atoms with Crippen molar-refractivity contribution >= 4 is 38.1 Å². The van der Waals surface area contributed by atoms with Crippen molar-refractivity contribution in [2.75, 3.05) is 0 Å². The van der Waals surface area contributed by atoms with E-state index in [1.165, 1.54) is 21.5 Å². The summed E-state index contributed by atoms with van der Waals surface area (Å²) in [4.78, 5) is 0. The van der Waals surface area contributed by atoms with E-state index in [1.807, 2.05) is 31.2 Å². The van der Waals surface area contributed by atoms with Crippen molar-refractivity contribution in [2.45, 2.75) is 6.92 Å². The molecule has 0 saturated carbocycles. The van der Waals surface area contributed by atoms with Crippen molar-refractivity contribution in [1.29, 1.82) is 0 Å². The van der Waals surface area contributed by atoms with Crippen LogP contribution >= 0.6 is 22.1 Å². The van der Waals surface area contributed by atoms with Gasteiger partial charge in [0, 0.05) is 0 Å². The molecular weight excluding hydrogens is 470 g/mol. The van der Waals surface area contributed by atoms with Gasteiger partial charge in [-0.3, -0.25) is 0 Å². The average molecular weight is 492 g/mol. The van der Waals surface area contributed by atoms with Gasteiger partial charge in [0.05, 0.1) is 0 Å². The van der Waals surface area contributed by atoms with Crippen LogP contribution in [0.25, 0.3) is 0 Å². The molecule has 4 rings (SSSR count). The molecule has 0 amide bonds. The summed E-state index contributed by atoms with van der Waals surface area (Å²) < 4.78 is 0. The van der Waals surface area contributed by atoms with E-state index in [0.717, 1.165) is 0 Å². The Labute approximate surface area is 184 Å². The molecule has 0 atom stereocenters. The Morgan fingerprint density at radius 3 is 1.18 bits per heavy atom. The first-order valence-corrected chi connectivity index (χ1v) is 12.6. The summed E-state index contributed by atoms with van der Waals surface area (Å²) >= 11 is 6.25. The van der Waals surface area contributed by atoms with Crippen LogP contribution < -0.4 is 15.9 Å². The molecule has 0 unspecified atom stereocenters. The summed E-state index contributed by atoms with van der Waals surface area (Å²) in [7, 11) is -0.446. The van der Waals surface area contributed by atoms with Crippen molar-refractivity contribution in [1.82, 2.24) is 0 Å². The molecular formula is C25H22BrNiP-. The van der Waals surface area contributed by atoms with Crippen molar-refractivity contribution < 1.29 is 13.7 Å². The number of halogens is 1. The number of hydrogen-bond donors (Lipinski definition) is 0. The molecule has 0 heterocycles. The summed E-state index contributed by atoms with van der Waals surface area (Å²) in [5.41, 5.74) is 1.20. The normalized spacial score (nSPS) is 9.61. The van der Waals surface area contributed by atoms with E-state index in [2.05, 4.69) is 125 Å². The smallest absolute Gasteiger partial charge is 0.0134 e. The number of benzene rings is 4. The van der Waals surface area contributed by atoms with Gasteiger partial charge in [0.15, 0.2) is 0 Å². The second-order valence-corrected chi connectivity index (χ2v) is 8.11. The van der Waals surface area contributed by atoms with Crippen LogP contribution in [0, 0.1) is 13.0 Å². The summed E-state index contributed by atoms with van der Waals surface area (Å²) in [6, 6.07) is 43.3. The molecule has 145 valence electrons. The van der Waals surface area contributed by atoms with E-state index in [9.17, 15) is 0 Å². The predicted molar refractivity (Wildman–Crippen MR) is 124 cm³/mol. The molecule has 0 saturated heterocycles. The van der Waals surface area contributed by atoms with E-state index in [4.69, 9.17) is 0 Å². The second kappa shape index (κ2) is 13.5. The molecule has 3 heteroatoms. The molecule has 0 aromatic heterocycles. The first kappa shape index (κ1) is 22.6. The van der Waals surface area contributed by atoms with Crippen LogP contribution in [0.1, 0.15) is 5.56 Å². The summed E-state index contributed by atoms with van der Waals surface area (Å²) in [5, 5.41) is 4.19. The zero-order valence-corrected chi connectivity index (χ0v) is 19.1. The number of aryl methyl sites for hydroxylation is 1. The minimum Gasteiger partial charge on any atom is -0.0622 e. The first-order valence-electron chi connectivity index (χ1n) is 8.85. The van der Waals surface area contributed by atoms with E-state index < -0.39 is 7.92 Å². The molecule has 28 heavy (non-hydrogen) atoms. The Bertz CT molecular complexity index is 791. The molecule has 0 radical (unpaired) electrons. The van der Waals surface area contributed by atoms with Crippen LogP contribution in [0.2, 0.25) is 0 Å². The molecule has 4 aromatic rings. The molecule has 0 aliphatic heterocycles. The standard InChI is InChI=1S/C18H15P.C7H7.BrH.Ni/c1-4-10-16(11-5-1)19(17-12-6-2-7-13-17)18-14-8-3-9-15-18;1-7-5-3-2-4-6-7;;/h1-15H;2-5H,1H3;1H;/q;-1;;+1/p-1. The van der Waals surface area contributed by atoms with Crippen LogP contribution in [-0.2, 0) is 13.7 Å². The van der Waals surface area contributed by atoms with Gasteiger partial charge in [-0.1, -0.05) is 97.9 Å². The third-order valence-corrected chi connectivity index (χ3v) is 6.35. The molecule has 4 aromatic carbocycles. The van der Waals surface area contributed by atoms with Crippen molar-refractivity contribution in [3.63, 3.8) is 0 Å². The maximum atomic E-state index is 3.69. The zero-order valence-electron chi connectivity index (χ0n) is 15.6. The largest absolute Gasteiger partial charge is 0.0622 e. The first-order chi connectivity index (χ1) is 13.8. The van der Waals surface area contributed by atoms with Gasteiger partial charge < -0.3 is 0 Å². The molecule has 0 spiro atoms. The van der Waals surface area contributed by atoms with Crippen molar-refractivity contribution in [3.05, 3.63) is 127 Å². The van der Waals surface area contributed by atoms with Gasteiger partial charge in [-0.05, 0) is 23.8 Å². The zero-order chi connectivity index (χ0) is 20.0. The molecule has 0 aliphatic rings. The number of rotatable bonds is 3. The number of hydrogen-bond acceptors (Lipinski definition) is 0. The van der Waals surface area contributed by atoms with Crippen molar-refractivity contribution in [2.24, 2.45) is 0 Å². The monoisotopic (exact) mass is 490 g/mol. The Hall–Kier alpha value is -1.72. The fourth-order valence-electron chi connectivity index (χ4n) is 2.66. The molecule has 0 aliphatic carbocycles. The van der Waals surface area contributed by atoms with Gasteiger partial charge in [-0.15, -0.1) is 0 Å². The Morgan fingerprint density at radius 2 is 0.929 bits per heavy atom. The van der Waals surface area contributed by atoms with Gasteiger partial charge in [0.25, 0.3) is 0 Å². The Balaban J connectivity index is 0.000000261. The molecule has 0 bridgehead atoms. The van der Waals surface area contributed by atoms with Gasteiger partial charge >= 0.3 is 27.9 Å². The van der Waals surface area contributed by atoms with Crippen LogP contribution in [0.3, 0.4) is 0 Å². The van der Waals surface area contributed by atoms with Crippen LogP contribution in [0.4, 0.5) is 0 Å². The summed E-state index contributed by atoms with van der Waals surface area (Å²) in [6.07, 6.45) is 0. The van der Waals surface area contributed by atoms with Gasteiger partial charge in [-0.2, -0.15) is 35.9 Å². The minimum atomic E-state index is -0.446. The van der Waals surface area contributed by atoms with E-state index in [1.54, 1.807) is 0 Å².